The normalized spacial score (nSPS) is 11.2. The summed E-state index contributed by atoms with van der Waals surface area (Å²) < 4.78 is 11.2. The monoisotopic (exact) mass is 456 g/mol. The summed E-state index contributed by atoms with van der Waals surface area (Å²) in [5.41, 5.74) is 1.76. The molecule has 3 aromatic rings. The molecule has 32 heavy (non-hydrogen) atoms. The van der Waals surface area contributed by atoms with Crippen molar-refractivity contribution in [3.63, 3.8) is 0 Å². The molecule has 1 aromatic carbocycles. The molecule has 2 heterocycles. The summed E-state index contributed by atoms with van der Waals surface area (Å²) in [6, 6.07) is 8.90. The van der Waals surface area contributed by atoms with E-state index in [-0.39, 0.29) is 23.7 Å². The summed E-state index contributed by atoms with van der Waals surface area (Å²) in [7, 11) is 0. The minimum absolute atomic E-state index is 0.120. The lowest BCUT2D eigenvalue weighted by Gasteiger charge is -2.09. The van der Waals surface area contributed by atoms with Gasteiger partial charge in [-0.15, -0.1) is 0 Å². The Hall–Kier alpha value is -2.91. The molecule has 0 saturated heterocycles. The quantitative estimate of drug-likeness (QED) is 0.269. The number of hydrogen-bond donors (Lipinski definition) is 2. The molecule has 3 rings (SSSR count). The molecule has 0 aliphatic rings. The lowest BCUT2D eigenvalue weighted by Crippen LogP contribution is -2.27. The number of amides is 2. The summed E-state index contributed by atoms with van der Waals surface area (Å²) in [6.07, 6.45) is 0.927. The van der Waals surface area contributed by atoms with Gasteiger partial charge in [0.15, 0.2) is 5.16 Å². The Morgan fingerprint density at radius 3 is 2.62 bits per heavy atom. The molecule has 2 amide bonds. The first-order chi connectivity index (χ1) is 15.3. The van der Waals surface area contributed by atoms with Crippen LogP contribution in [0.2, 0.25) is 0 Å². The van der Waals surface area contributed by atoms with Crippen molar-refractivity contribution < 1.29 is 18.7 Å². The maximum Gasteiger partial charge on any atom is 0.256 e. The summed E-state index contributed by atoms with van der Waals surface area (Å²) in [6.45, 7) is 8.83. The molecule has 2 aromatic heterocycles. The lowest BCUT2D eigenvalue weighted by atomic mass is 10.2. The third-order valence-electron chi connectivity index (χ3n) is 4.70. The molecule has 0 aliphatic carbocycles. The number of carbonyl (C=O) groups excluding carboxylic acids is 2. The number of hydrogen-bond acceptors (Lipinski definition) is 7. The van der Waals surface area contributed by atoms with Crippen LogP contribution in [0, 0.1) is 13.8 Å². The number of thioether (sulfide) groups is 1. The molecule has 2 N–H and O–H groups in total. The van der Waals surface area contributed by atoms with Crippen molar-refractivity contribution in [2.24, 2.45) is 0 Å². The van der Waals surface area contributed by atoms with E-state index < -0.39 is 0 Å². The van der Waals surface area contributed by atoms with Crippen molar-refractivity contribution in [1.82, 2.24) is 15.3 Å². The average molecular weight is 457 g/mol. The van der Waals surface area contributed by atoms with Crippen molar-refractivity contribution in [3.8, 4) is 0 Å². The van der Waals surface area contributed by atoms with Crippen LogP contribution in [0.5, 0.6) is 0 Å². The summed E-state index contributed by atoms with van der Waals surface area (Å²) in [5.74, 6) is 0.826. The van der Waals surface area contributed by atoms with Gasteiger partial charge in [0, 0.05) is 24.3 Å². The van der Waals surface area contributed by atoms with Gasteiger partial charge in [0.2, 0.25) is 11.6 Å². The number of anilines is 1. The van der Waals surface area contributed by atoms with Gasteiger partial charge in [0.1, 0.15) is 11.6 Å². The van der Waals surface area contributed by atoms with Gasteiger partial charge in [0.05, 0.1) is 17.2 Å². The Balaban J connectivity index is 1.69. The van der Waals surface area contributed by atoms with Gasteiger partial charge in [-0.3, -0.25) is 9.59 Å². The number of ether oxygens (including phenoxy) is 1. The predicted molar refractivity (Wildman–Crippen MR) is 125 cm³/mol. The predicted octanol–water partition coefficient (Wildman–Crippen LogP) is 4.12. The highest BCUT2D eigenvalue weighted by atomic mass is 32.2. The molecule has 0 aliphatic heterocycles. The van der Waals surface area contributed by atoms with Crippen LogP contribution in [-0.4, -0.2) is 46.8 Å². The number of fused-ring (bicyclic) bond motifs is 1. The molecule has 170 valence electrons. The van der Waals surface area contributed by atoms with Crippen LogP contribution < -0.4 is 10.6 Å². The Labute approximate surface area is 191 Å². The first kappa shape index (κ1) is 23.7. The molecule has 9 heteroatoms. The van der Waals surface area contributed by atoms with E-state index in [4.69, 9.17) is 9.15 Å². The molecule has 0 atom stereocenters. The number of furan rings is 1. The van der Waals surface area contributed by atoms with Gasteiger partial charge >= 0.3 is 0 Å². The maximum atomic E-state index is 12.7. The number of benzene rings is 1. The van der Waals surface area contributed by atoms with Crippen LogP contribution in [0.1, 0.15) is 41.9 Å². The van der Waals surface area contributed by atoms with Crippen molar-refractivity contribution in [3.05, 3.63) is 47.2 Å². The van der Waals surface area contributed by atoms with Crippen LogP contribution in [0.15, 0.2) is 39.9 Å². The second-order valence-corrected chi connectivity index (χ2v) is 8.49. The number of aromatic nitrogens is 2. The van der Waals surface area contributed by atoms with E-state index in [9.17, 15) is 9.59 Å². The van der Waals surface area contributed by atoms with Crippen molar-refractivity contribution in [2.75, 3.05) is 24.2 Å². The molecule has 0 fully saturated rings. The first-order valence-corrected chi connectivity index (χ1v) is 11.5. The molecule has 0 spiro atoms. The van der Waals surface area contributed by atoms with E-state index in [0.717, 1.165) is 12.0 Å². The van der Waals surface area contributed by atoms with Crippen LogP contribution in [-0.2, 0) is 9.53 Å². The molecule has 8 nitrogen and oxygen atoms in total. The fourth-order valence-electron chi connectivity index (χ4n) is 2.95. The van der Waals surface area contributed by atoms with Gasteiger partial charge in [0.25, 0.3) is 5.91 Å². The van der Waals surface area contributed by atoms with Crippen LogP contribution in [0.4, 0.5) is 5.82 Å². The third kappa shape index (κ3) is 6.30. The van der Waals surface area contributed by atoms with E-state index in [1.807, 2.05) is 33.8 Å². The Bertz CT molecular complexity index is 1080. The lowest BCUT2D eigenvalue weighted by molar-refractivity contribution is -0.118. The number of carbonyl (C=O) groups is 2. The second kappa shape index (κ2) is 11.1. The van der Waals surface area contributed by atoms with Crippen molar-refractivity contribution in [2.45, 2.75) is 45.4 Å². The standard InChI is InChI=1S/C23H28N4O4S/c1-14(2)30-12-8-11-24-18(28)13-32-23-26-20(19-15(3)16(4)31-22(19)27-23)25-21(29)17-9-6-5-7-10-17/h5-7,9-10,14H,8,11-13H2,1-4H3,(H,24,28)(H,25,26,27,29). The first-order valence-electron chi connectivity index (χ1n) is 10.5. The third-order valence-corrected chi connectivity index (χ3v) is 5.55. The fourth-order valence-corrected chi connectivity index (χ4v) is 3.62. The highest BCUT2D eigenvalue weighted by molar-refractivity contribution is 7.99. The fraction of sp³-hybridized carbons (Fsp3) is 0.391. The van der Waals surface area contributed by atoms with Gasteiger partial charge < -0.3 is 19.8 Å². The van der Waals surface area contributed by atoms with E-state index in [1.165, 1.54) is 11.8 Å². The molecular weight excluding hydrogens is 428 g/mol. The van der Waals surface area contributed by atoms with E-state index in [1.54, 1.807) is 24.3 Å². The zero-order valence-electron chi connectivity index (χ0n) is 18.7. The smallest absolute Gasteiger partial charge is 0.256 e. The molecule has 0 unspecified atom stereocenters. The molecule has 0 radical (unpaired) electrons. The van der Waals surface area contributed by atoms with Gasteiger partial charge in [-0.25, -0.2) is 4.98 Å². The number of rotatable bonds is 10. The Kier molecular flexibility index (Phi) is 8.24. The SMILES string of the molecule is Cc1oc2nc(SCC(=O)NCCCOC(C)C)nc(NC(=O)c3ccccc3)c2c1C. The van der Waals surface area contributed by atoms with E-state index in [0.29, 0.717) is 46.5 Å². The summed E-state index contributed by atoms with van der Waals surface area (Å²) in [4.78, 5) is 33.8. The van der Waals surface area contributed by atoms with Crippen LogP contribution >= 0.6 is 11.8 Å². The number of nitrogens with one attached hydrogen (secondary N) is 2. The van der Waals surface area contributed by atoms with E-state index in [2.05, 4.69) is 20.6 Å². The van der Waals surface area contributed by atoms with Crippen molar-refractivity contribution in [1.29, 1.82) is 0 Å². The van der Waals surface area contributed by atoms with Gasteiger partial charge in [-0.05, 0) is 46.2 Å². The minimum Gasteiger partial charge on any atom is -0.443 e. The highest BCUT2D eigenvalue weighted by Crippen LogP contribution is 2.31. The number of aryl methyl sites for hydroxylation is 2. The number of nitrogens with zero attached hydrogens (tertiary/aromatic N) is 2. The zero-order chi connectivity index (χ0) is 23.1. The zero-order valence-corrected chi connectivity index (χ0v) is 19.5. The van der Waals surface area contributed by atoms with Crippen molar-refractivity contribution >= 4 is 40.5 Å². The average Bonchev–Trinajstić information content (AvgIpc) is 3.06. The summed E-state index contributed by atoms with van der Waals surface area (Å²) in [5, 5.41) is 6.73. The highest BCUT2D eigenvalue weighted by Gasteiger charge is 2.19. The second-order valence-electron chi connectivity index (χ2n) is 7.55. The van der Waals surface area contributed by atoms with E-state index >= 15 is 0 Å². The Morgan fingerprint density at radius 1 is 1.16 bits per heavy atom. The maximum absolute atomic E-state index is 12.7. The largest absolute Gasteiger partial charge is 0.443 e. The molecule has 0 saturated carbocycles. The van der Waals surface area contributed by atoms with Crippen LogP contribution in [0.25, 0.3) is 11.1 Å². The Morgan fingerprint density at radius 2 is 1.91 bits per heavy atom. The molecule has 0 bridgehead atoms. The minimum atomic E-state index is -0.277. The van der Waals surface area contributed by atoms with Gasteiger partial charge in [-0.1, -0.05) is 30.0 Å². The van der Waals surface area contributed by atoms with Gasteiger partial charge in [-0.2, -0.15) is 4.98 Å². The summed E-state index contributed by atoms with van der Waals surface area (Å²) >= 11 is 1.19. The topological polar surface area (TPSA) is 106 Å². The van der Waals surface area contributed by atoms with Crippen LogP contribution in [0.3, 0.4) is 0 Å². The molecular formula is C23H28N4O4S.